The molecule has 0 aliphatic heterocycles. The molecule has 1 fully saturated rings. The van der Waals surface area contributed by atoms with Crippen LogP contribution >= 0.6 is 11.8 Å². The van der Waals surface area contributed by atoms with Crippen LogP contribution in [0.2, 0.25) is 0 Å². The van der Waals surface area contributed by atoms with Crippen LogP contribution in [0.5, 0.6) is 0 Å². The van der Waals surface area contributed by atoms with Crippen molar-refractivity contribution >= 4 is 17.7 Å². The lowest BCUT2D eigenvalue weighted by atomic mass is 9.92. The van der Waals surface area contributed by atoms with Gasteiger partial charge < -0.3 is 11.1 Å². The summed E-state index contributed by atoms with van der Waals surface area (Å²) in [5.41, 5.74) is 6.14. The summed E-state index contributed by atoms with van der Waals surface area (Å²) < 4.78 is 0. The molecule has 0 amide bonds. The molecular formula is C12H25N3S. The van der Waals surface area contributed by atoms with Crippen LogP contribution in [0.1, 0.15) is 40.0 Å². The number of nitrogens with two attached hydrogens (primary N) is 1. The van der Waals surface area contributed by atoms with Crippen LogP contribution in [0.25, 0.3) is 0 Å². The van der Waals surface area contributed by atoms with E-state index in [4.69, 9.17) is 5.73 Å². The second-order valence-corrected chi connectivity index (χ2v) is 6.63. The Morgan fingerprint density at radius 3 is 2.50 bits per heavy atom. The van der Waals surface area contributed by atoms with Crippen molar-refractivity contribution in [1.82, 2.24) is 5.32 Å². The summed E-state index contributed by atoms with van der Waals surface area (Å²) in [6.07, 6.45) is 5.93. The number of aliphatic imine (C=N–C) groups is 1. The minimum absolute atomic E-state index is 0.277. The Labute approximate surface area is 104 Å². The number of rotatable bonds is 4. The zero-order chi connectivity index (χ0) is 12.2. The Morgan fingerprint density at radius 2 is 2.12 bits per heavy atom. The SMILES string of the molecule is CSC(CN=C(N)NC1CCC1)C(C)(C)C. The molecule has 0 heterocycles. The molecule has 0 aromatic heterocycles. The molecule has 3 N–H and O–H groups in total. The van der Waals surface area contributed by atoms with Crippen molar-refractivity contribution in [3.8, 4) is 0 Å². The summed E-state index contributed by atoms with van der Waals surface area (Å²) in [6, 6.07) is 0.575. The van der Waals surface area contributed by atoms with Crippen LogP contribution < -0.4 is 11.1 Å². The van der Waals surface area contributed by atoms with Crippen LogP contribution in [0.15, 0.2) is 4.99 Å². The van der Waals surface area contributed by atoms with E-state index < -0.39 is 0 Å². The number of hydrogen-bond acceptors (Lipinski definition) is 2. The topological polar surface area (TPSA) is 50.4 Å². The van der Waals surface area contributed by atoms with Crippen molar-refractivity contribution in [1.29, 1.82) is 0 Å². The van der Waals surface area contributed by atoms with E-state index in [1.807, 2.05) is 11.8 Å². The lowest BCUT2D eigenvalue weighted by Crippen LogP contribution is -2.44. The first kappa shape index (κ1) is 13.7. The molecule has 1 saturated carbocycles. The highest BCUT2D eigenvalue weighted by Gasteiger charge is 2.23. The first-order valence-corrected chi connectivity index (χ1v) is 7.31. The quantitative estimate of drug-likeness (QED) is 0.588. The van der Waals surface area contributed by atoms with Crippen LogP contribution in [0.3, 0.4) is 0 Å². The summed E-state index contributed by atoms with van der Waals surface area (Å²) in [4.78, 5) is 4.45. The second kappa shape index (κ2) is 5.80. The standard InChI is InChI=1S/C12H25N3S/c1-12(2,3)10(16-4)8-14-11(13)15-9-6-5-7-9/h9-10H,5-8H2,1-4H3,(H3,13,14,15). The number of guanidine groups is 1. The lowest BCUT2D eigenvalue weighted by Gasteiger charge is -2.29. The van der Waals surface area contributed by atoms with Gasteiger partial charge in [0.1, 0.15) is 0 Å². The highest BCUT2D eigenvalue weighted by molar-refractivity contribution is 7.99. The molecule has 0 radical (unpaired) electrons. The van der Waals surface area contributed by atoms with E-state index in [9.17, 15) is 0 Å². The maximum absolute atomic E-state index is 5.86. The van der Waals surface area contributed by atoms with Gasteiger partial charge in [0.15, 0.2) is 5.96 Å². The third-order valence-corrected chi connectivity index (χ3v) is 4.56. The average molecular weight is 243 g/mol. The third kappa shape index (κ3) is 4.24. The summed E-state index contributed by atoms with van der Waals surface area (Å²) in [6.45, 7) is 7.55. The van der Waals surface area contributed by atoms with Gasteiger partial charge in [-0.15, -0.1) is 0 Å². The third-order valence-electron chi connectivity index (χ3n) is 3.14. The Balaban J connectivity index is 2.36. The van der Waals surface area contributed by atoms with Crippen LogP contribution in [0, 0.1) is 5.41 Å². The van der Waals surface area contributed by atoms with E-state index in [0.717, 1.165) is 6.54 Å². The molecule has 16 heavy (non-hydrogen) atoms. The van der Waals surface area contributed by atoms with Gasteiger partial charge in [-0.1, -0.05) is 20.8 Å². The first-order chi connectivity index (χ1) is 7.43. The molecule has 94 valence electrons. The molecule has 0 bridgehead atoms. The normalized spacial score (nSPS) is 20.4. The van der Waals surface area contributed by atoms with Gasteiger partial charge in [0.25, 0.3) is 0 Å². The minimum atomic E-state index is 0.277. The molecule has 1 rings (SSSR count). The fraction of sp³-hybridized carbons (Fsp3) is 0.917. The average Bonchev–Trinajstić information content (AvgIpc) is 2.10. The molecular weight excluding hydrogens is 218 g/mol. The van der Waals surface area contributed by atoms with Crippen molar-refractivity contribution in [2.45, 2.75) is 51.3 Å². The monoisotopic (exact) mass is 243 g/mol. The first-order valence-electron chi connectivity index (χ1n) is 6.02. The van der Waals surface area contributed by atoms with Gasteiger partial charge in [0.05, 0.1) is 6.54 Å². The van der Waals surface area contributed by atoms with Crippen molar-refractivity contribution < 1.29 is 0 Å². The molecule has 4 heteroatoms. The van der Waals surface area contributed by atoms with E-state index in [-0.39, 0.29) is 5.41 Å². The van der Waals surface area contributed by atoms with Gasteiger partial charge in [-0.2, -0.15) is 11.8 Å². The number of thioether (sulfide) groups is 1. The summed E-state index contributed by atoms with van der Waals surface area (Å²) in [5, 5.41) is 3.79. The van der Waals surface area contributed by atoms with Gasteiger partial charge in [-0.3, -0.25) is 4.99 Å². The molecule has 0 aromatic rings. The zero-order valence-electron chi connectivity index (χ0n) is 10.9. The maximum Gasteiger partial charge on any atom is 0.188 e. The van der Waals surface area contributed by atoms with Crippen LogP contribution in [0.4, 0.5) is 0 Å². The molecule has 0 saturated heterocycles. The number of nitrogens with zero attached hydrogens (tertiary/aromatic N) is 1. The predicted octanol–water partition coefficient (Wildman–Crippen LogP) is 2.22. The van der Waals surface area contributed by atoms with Crippen molar-refractivity contribution in [3.63, 3.8) is 0 Å². The zero-order valence-corrected chi connectivity index (χ0v) is 11.7. The van der Waals surface area contributed by atoms with E-state index in [2.05, 4.69) is 37.3 Å². The molecule has 1 atom stereocenters. The predicted molar refractivity (Wildman–Crippen MR) is 74.0 cm³/mol. The van der Waals surface area contributed by atoms with E-state index in [1.165, 1.54) is 19.3 Å². The van der Waals surface area contributed by atoms with Gasteiger partial charge in [0, 0.05) is 11.3 Å². The van der Waals surface area contributed by atoms with Gasteiger partial charge in [-0.05, 0) is 30.9 Å². The Bertz CT molecular complexity index is 241. The number of nitrogens with one attached hydrogen (secondary N) is 1. The summed E-state index contributed by atoms with van der Waals surface area (Å²) in [7, 11) is 0. The molecule has 3 nitrogen and oxygen atoms in total. The van der Waals surface area contributed by atoms with Crippen LogP contribution in [-0.2, 0) is 0 Å². The summed E-state index contributed by atoms with van der Waals surface area (Å²) in [5.74, 6) is 0.619. The van der Waals surface area contributed by atoms with Crippen LogP contribution in [-0.4, -0.2) is 30.1 Å². The Hall–Kier alpha value is -0.380. The van der Waals surface area contributed by atoms with Crippen molar-refractivity contribution in [2.75, 3.05) is 12.8 Å². The van der Waals surface area contributed by atoms with E-state index in [0.29, 0.717) is 17.3 Å². The highest BCUT2D eigenvalue weighted by Crippen LogP contribution is 2.28. The van der Waals surface area contributed by atoms with Crippen molar-refractivity contribution in [3.05, 3.63) is 0 Å². The molecule has 0 spiro atoms. The Morgan fingerprint density at radius 1 is 1.50 bits per heavy atom. The largest absolute Gasteiger partial charge is 0.370 e. The fourth-order valence-electron chi connectivity index (χ4n) is 1.69. The molecule has 1 unspecified atom stereocenters. The van der Waals surface area contributed by atoms with Crippen molar-refractivity contribution in [2.24, 2.45) is 16.1 Å². The maximum atomic E-state index is 5.86. The summed E-state index contributed by atoms with van der Waals surface area (Å²) >= 11 is 1.87. The highest BCUT2D eigenvalue weighted by atomic mass is 32.2. The van der Waals surface area contributed by atoms with Gasteiger partial charge in [0.2, 0.25) is 0 Å². The molecule has 1 aliphatic carbocycles. The lowest BCUT2D eigenvalue weighted by molar-refractivity contribution is 0.380. The van der Waals surface area contributed by atoms with Gasteiger partial charge >= 0.3 is 0 Å². The smallest absolute Gasteiger partial charge is 0.188 e. The molecule has 1 aliphatic rings. The fourth-order valence-corrected chi connectivity index (χ4v) is 2.62. The second-order valence-electron chi connectivity index (χ2n) is 5.59. The molecule has 0 aromatic carbocycles. The van der Waals surface area contributed by atoms with Gasteiger partial charge in [-0.25, -0.2) is 0 Å². The minimum Gasteiger partial charge on any atom is -0.370 e. The van der Waals surface area contributed by atoms with E-state index in [1.54, 1.807) is 0 Å². The Kier molecular flexibility index (Phi) is 4.96. The van der Waals surface area contributed by atoms with E-state index >= 15 is 0 Å². The number of hydrogen-bond donors (Lipinski definition) is 2.